The maximum absolute atomic E-state index is 12.7. The number of amides is 1. The molecule has 0 heterocycles. The molecule has 0 bridgehead atoms. The zero-order valence-electron chi connectivity index (χ0n) is 14.9. The van der Waals surface area contributed by atoms with E-state index in [2.05, 4.69) is 18.7 Å². The van der Waals surface area contributed by atoms with E-state index < -0.39 is 0 Å². The van der Waals surface area contributed by atoms with E-state index in [4.69, 9.17) is 0 Å². The van der Waals surface area contributed by atoms with Gasteiger partial charge in [-0.05, 0) is 32.4 Å². The molecular formula is C19H31N2O2. The predicted octanol–water partition coefficient (Wildman–Crippen LogP) is 2.98. The molecule has 1 unspecified atom stereocenters. The number of carbonyl (C=O) groups excluding carboxylic acids is 2. The van der Waals surface area contributed by atoms with E-state index in [1.165, 1.54) is 19.3 Å². The predicted molar refractivity (Wildman–Crippen MR) is 93.0 cm³/mol. The van der Waals surface area contributed by atoms with Crippen molar-refractivity contribution < 1.29 is 9.59 Å². The van der Waals surface area contributed by atoms with Crippen molar-refractivity contribution in [2.45, 2.75) is 70.9 Å². The molecule has 0 aromatic carbocycles. The van der Waals surface area contributed by atoms with Crippen LogP contribution in [-0.2, 0) is 9.59 Å². The highest BCUT2D eigenvalue weighted by atomic mass is 16.2. The fourth-order valence-electron chi connectivity index (χ4n) is 3.59. The standard InChI is InChI=1S/C19H31N2O2/c1-4-13-21(5-2)17(19(23)15-11-12-15)14-18(22)20(3)16-9-7-6-8-10-16/h11-12,16-17H,4-10,13-14H2,1-3H3. The van der Waals surface area contributed by atoms with E-state index in [1.807, 2.05) is 24.4 Å². The molecule has 2 aliphatic rings. The van der Waals surface area contributed by atoms with Gasteiger partial charge >= 0.3 is 0 Å². The van der Waals surface area contributed by atoms with Crippen LogP contribution < -0.4 is 0 Å². The first-order valence-corrected chi connectivity index (χ1v) is 9.17. The average Bonchev–Trinajstić information content (AvgIpc) is 3.42. The van der Waals surface area contributed by atoms with Gasteiger partial charge in [-0.15, -0.1) is 0 Å². The van der Waals surface area contributed by atoms with Crippen molar-refractivity contribution in [1.29, 1.82) is 0 Å². The fourth-order valence-corrected chi connectivity index (χ4v) is 3.59. The summed E-state index contributed by atoms with van der Waals surface area (Å²) in [5.41, 5.74) is 0.790. The van der Waals surface area contributed by atoms with Crippen molar-refractivity contribution in [2.75, 3.05) is 20.1 Å². The molecule has 1 atom stereocenters. The summed E-state index contributed by atoms with van der Waals surface area (Å²) in [6.07, 6.45) is 10.9. The van der Waals surface area contributed by atoms with Crippen LogP contribution in [0.1, 0.15) is 58.8 Å². The van der Waals surface area contributed by atoms with Crippen LogP contribution in [0.2, 0.25) is 0 Å². The lowest BCUT2D eigenvalue weighted by Crippen LogP contribution is -2.47. The zero-order valence-corrected chi connectivity index (χ0v) is 14.9. The van der Waals surface area contributed by atoms with E-state index in [-0.39, 0.29) is 17.7 Å². The molecule has 0 spiro atoms. The summed E-state index contributed by atoms with van der Waals surface area (Å²) >= 11 is 0. The minimum atomic E-state index is -0.302. The van der Waals surface area contributed by atoms with Crippen LogP contribution in [0.5, 0.6) is 0 Å². The lowest BCUT2D eigenvalue weighted by Gasteiger charge is -2.34. The van der Waals surface area contributed by atoms with Gasteiger partial charge in [0.1, 0.15) is 0 Å². The van der Waals surface area contributed by atoms with Gasteiger partial charge in [-0.25, -0.2) is 0 Å². The molecule has 0 aromatic rings. The van der Waals surface area contributed by atoms with Crippen LogP contribution in [0.25, 0.3) is 0 Å². The Labute approximate surface area is 140 Å². The Kier molecular flexibility index (Phi) is 6.82. The lowest BCUT2D eigenvalue weighted by molar-refractivity contribution is -0.136. The Hall–Kier alpha value is -1.16. The third kappa shape index (κ3) is 4.90. The first-order valence-electron chi connectivity index (χ1n) is 9.17. The van der Waals surface area contributed by atoms with Crippen LogP contribution in [0.4, 0.5) is 0 Å². The molecule has 4 heteroatoms. The number of Topliss-reactive ketones (excluding diaryl/α,β-unsaturated/α-hetero) is 1. The Morgan fingerprint density at radius 2 is 1.87 bits per heavy atom. The molecule has 1 saturated carbocycles. The molecule has 1 radical (unpaired) electrons. The van der Waals surface area contributed by atoms with Gasteiger partial charge in [0.15, 0.2) is 5.78 Å². The second-order valence-corrected chi connectivity index (χ2v) is 6.80. The number of allylic oxidation sites excluding steroid dienone is 1. The van der Waals surface area contributed by atoms with Gasteiger partial charge in [0.05, 0.1) is 6.04 Å². The fraction of sp³-hybridized carbons (Fsp3) is 0.737. The zero-order chi connectivity index (χ0) is 16.8. The molecule has 4 nitrogen and oxygen atoms in total. The second-order valence-electron chi connectivity index (χ2n) is 6.80. The van der Waals surface area contributed by atoms with Gasteiger partial charge in [-0.3, -0.25) is 14.5 Å². The van der Waals surface area contributed by atoms with Gasteiger partial charge in [0, 0.05) is 31.5 Å². The summed E-state index contributed by atoms with van der Waals surface area (Å²) in [6, 6.07) is 0.0587. The summed E-state index contributed by atoms with van der Waals surface area (Å²) in [4.78, 5) is 29.4. The molecule has 0 aliphatic heterocycles. The lowest BCUT2D eigenvalue weighted by atomic mass is 9.94. The average molecular weight is 319 g/mol. The normalized spacial score (nSPS) is 19.4. The van der Waals surface area contributed by atoms with Crippen LogP contribution in [-0.4, -0.2) is 53.7 Å². The Balaban J connectivity index is 2.01. The van der Waals surface area contributed by atoms with Crippen molar-refractivity contribution in [3.8, 4) is 0 Å². The monoisotopic (exact) mass is 319 g/mol. The number of rotatable bonds is 9. The van der Waals surface area contributed by atoms with Crippen molar-refractivity contribution in [2.24, 2.45) is 0 Å². The Morgan fingerprint density at radius 1 is 1.22 bits per heavy atom. The molecule has 1 amide bonds. The third-order valence-corrected chi connectivity index (χ3v) is 5.16. The number of ketones is 1. The summed E-state index contributed by atoms with van der Waals surface area (Å²) in [5, 5.41) is 0. The van der Waals surface area contributed by atoms with Gasteiger partial charge in [-0.2, -0.15) is 0 Å². The summed E-state index contributed by atoms with van der Waals surface area (Å²) in [6.45, 7) is 5.84. The molecule has 0 saturated heterocycles. The van der Waals surface area contributed by atoms with Crippen LogP contribution in [0, 0.1) is 6.42 Å². The number of hydrogen-bond acceptors (Lipinski definition) is 3. The highest BCUT2D eigenvalue weighted by molar-refractivity contribution is 6.07. The molecular weight excluding hydrogens is 288 g/mol. The van der Waals surface area contributed by atoms with E-state index in [9.17, 15) is 9.59 Å². The van der Waals surface area contributed by atoms with Crippen molar-refractivity contribution in [3.63, 3.8) is 0 Å². The van der Waals surface area contributed by atoms with Crippen molar-refractivity contribution in [3.05, 3.63) is 18.1 Å². The van der Waals surface area contributed by atoms with Crippen LogP contribution in [0.15, 0.2) is 11.6 Å². The SMILES string of the molecule is CCCN(CC)C(CC(=O)N(C)C1CCCCC1)C(=O)C1=C[CH]1. The number of likely N-dealkylation sites (N-methyl/N-ethyl adjacent to an activating group) is 1. The largest absolute Gasteiger partial charge is 0.343 e. The molecule has 1 fully saturated rings. The quantitative estimate of drug-likeness (QED) is 0.656. The Morgan fingerprint density at radius 3 is 2.39 bits per heavy atom. The highest BCUT2D eigenvalue weighted by Gasteiger charge is 2.34. The second kappa shape index (κ2) is 8.62. The third-order valence-electron chi connectivity index (χ3n) is 5.16. The maximum atomic E-state index is 12.7. The number of nitrogens with zero attached hydrogens (tertiary/aromatic N) is 2. The summed E-state index contributed by atoms with van der Waals surface area (Å²) in [5.74, 6) is 0.233. The van der Waals surface area contributed by atoms with E-state index in [1.54, 1.807) is 0 Å². The van der Waals surface area contributed by atoms with Gasteiger partial charge in [-0.1, -0.05) is 39.2 Å². The molecule has 2 rings (SSSR count). The molecule has 0 aromatic heterocycles. The molecule has 0 N–H and O–H groups in total. The molecule has 2 aliphatic carbocycles. The topological polar surface area (TPSA) is 40.6 Å². The number of hydrogen-bond donors (Lipinski definition) is 0. The molecule has 23 heavy (non-hydrogen) atoms. The van der Waals surface area contributed by atoms with Crippen molar-refractivity contribution >= 4 is 11.7 Å². The van der Waals surface area contributed by atoms with E-state index in [0.29, 0.717) is 12.5 Å². The first kappa shape index (κ1) is 18.2. The van der Waals surface area contributed by atoms with E-state index >= 15 is 0 Å². The summed E-state index contributed by atoms with van der Waals surface area (Å²) in [7, 11) is 1.92. The Bertz CT molecular complexity index is 452. The maximum Gasteiger partial charge on any atom is 0.224 e. The van der Waals surface area contributed by atoms with Gasteiger partial charge in [0.25, 0.3) is 0 Å². The van der Waals surface area contributed by atoms with E-state index in [0.717, 1.165) is 37.9 Å². The van der Waals surface area contributed by atoms with Gasteiger partial charge < -0.3 is 4.90 Å². The number of carbonyl (C=O) groups is 2. The molecule has 129 valence electrons. The highest BCUT2D eigenvalue weighted by Crippen LogP contribution is 2.25. The minimum Gasteiger partial charge on any atom is -0.343 e. The van der Waals surface area contributed by atoms with Crippen LogP contribution in [0.3, 0.4) is 0 Å². The van der Waals surface area contributed by atoms with Gasteiger partial charge in [0.2, 0.25) is 5.91 Å². The minimum absolute atomic E-state index is 0.116. The first-order chi connectivity index (χ1) is 11.1. The smallest absolute Gasteiger partial charge is 0.224 e. The summed E-state index contributed by atoms with van der Waals surface area (Å²) < 4.78 is 0. The van der Waals surface area contributed by atoms with Crippen molar-refractivity contribution in [1.82, 2.24) is 9.80 Å². The van der Waals surface area contributed by atoms with Crippen LogP contribution >= 0.6 is 0 Å².